The Kier molecular flexibility index (Phi) is 9.79. The lowest BCUT2D eigenvalue weighted by molar-refractivity contribution is -0.141. The van der Waals surface area contributed by atoms with Crippen molar-refractivity contribution in [2.45, 2.75) is 77.9 Å². The third-order valence-corrected chi connectivity index (χ3v) is 8.49. The lowest BCUT2D eigenvalue weighted by Crippen LogP contribution is -2.55. The second-order valence-electron chi connectivity index (χ2n) is 11.2. The molecule has 8 heteroatoms. The molecule has 0 unspecified atom stereocenters. The van der Waals surface area contributed by atoms with Gasteiger partial charge < -0.3 is 10.2 Å². The van der Waals surface area contributed by atoms with Gasteiger partial charge in [0.25, 0.3) is 10.0 Å². The highest BCUT2D eigenvalue weighted by molar-refractivity contribution is 7.92. The van der Waals surface area contributed by atoms with Crippen molar-refractivity contribution in [3.8, 4) is 0 Å². The standard InChI is InChI=1S/C32H41N3O4S/c1-8-28(31(37)33-32(5,6)7)34(21-26-15-13-12-14-24(26)3)30(36)22-35(29-19-18-23(2)20-25(29)4)40(38,39)27-16-10-9-11-17-27/h9-20,28H,8,21-22H2,1-7H3,(H,33,37)/t28-/m1/s1. The van der Waals surface area contributed by atoms with Crippen LogP contribution >= 0.6 is 0 Å². The summed E-state index contributed by atoms with van der Waals surface area (Å²) in [5.41, 5.74) is 3.51. The molecule has 1 N–H and O–H groups in total. The largest absolute Gasteiger partial charge is 0.350 e. The number of hydrogen-bond acceptors (Lipinski definition) is 4. The van der Waals surface area contributed by atoms with Crippen LogP contribution in [0.1, 0.15) is 56.4 Å². The van der Waals surface area contributed by atoms with Crippen molar-refractivity contribution in [2.75, 3.05) is 10.8 Å². The van der Waals surface area contributed by atoms with E-state index in [1.165, 1.54) is 21.3 Å². The van der Waals surface area contributed by atoms with Gasteiger partial charge in [0.15, 0.2) is 0 Å². The van der Waals surface area contributed by atoms with Crippen LogP contribution in [0.25, 0.3) is 0 Å². The van der Waals surface area contributed by atoms with Crippen molar-refractivity contribution in [2.24, 2.45) is 0 Å². The summed E-state index contributed by atoms with van der Waals surface area (Å²) in [7, 11) is -4.10. The third-order valence-electron chi connectivity index (χ3n) is 6.72. The number of nitrogens with one attached hydrogen (secondary N) is 1. The van der Waals surface area contributed by atoms with Crippen LogP contribution in [0.4, 0.5) is 5.69 Å². The van der Waals surface area contributed by atoms with Crippen molar-refractivity contribution < 1.29 is 18.0 Å². The summed E-state index contributed by atoms with van der Waals surface area (Å²) in [6.45, 7) is 13.0. The third kappa shape index (κ3) is 7.50. The Balaban J connectivity index is 2.11. The molecule has 3 aromatic carbocycles. The summed E-state index contributed by atoms with van der Waals surface area (Å²) in [5.74, 6) is -0.737. The zero-order chi connectivity index (χ0) is 29.7. The van der Waals surface area contributed by atoms with Gasteiger partial charge in [-0.15, -0.1) is 0 Å². The number of benzene rings is 3. The number of hydrogen-bond donors (Lipinski definition) is 1. The van der Waals surface area contributed by atoms with Crippen LogP contribution in [-0.4, -0.2) is 43.3 Å². The van der Waals surface area contributed by atoms with Gasteiger partial charge in [-0.25, -0.2) is 8.42 Å². The highest BCUT2D eigenvalue weighted by Gasteiger charge is 2.35. The molecule has 0 spiro atoms. The average molecular weight is 564 g/mol. The summed E-state index contributed by atoms with van der Waals surface area (Å²) < 4.78 is 29.1. The molecule has 7 nitrogen and oxygen atoms in total. The lowest BCUT2D eigenvalue weighted by Gasteiger charge is -2.35. The molecule has 0 fully saturated rings. The van der Waals surface area contributed by atoms with Gasteiger partial charge in [0, 0.05) is 12.1 Å². The van der Waals surface area contributed by atoms with Crippen molar-refractivity contribution in [1.82, 2.24) is 10.2 Å². The molecule has 0 aliphatic rings. The number of nitrogens with zero attached hydrogens (tertiary/aromatic N) is 2. The Morgan fingerprint density at radius 3 is 2.08 bits per heavy atom. The van der Waals surface area contributed by atoms with Crippen LogP contribution in [0, 0.1) is 20.8 Å². The molecule has 2 amide bonds. The Morgan fingerprint density at radius 2 is 1.50 bits per heavy atom. The predicted octanol–water partition coefficient (Wildman–Crippen LogP) is 5.53. The van der Waals surface area contributed by atoms with Gasteiger partial charge in [-0.3, -0.25) is 13.9 Å². The first kappa shape index (κ1) is 30.9. The molecular formula is C32H41N3O4S. The van der Waals surface area contributed by atoms with Gasteiger partial charge in [-0.05, 0) is 82.9 Å². The Bertz CT molecular complexity index is 1450. The van der Waals surface area contributed by atoms with E-state index in [1.54, 1.807) is 24.3 Å². The number of carbonyl (C=O) groups is 2. The lowest BCUT2D eigenvalue weighted by atomic mass is 10.0. The molecule has 0 bridgehead atoms. The first-order chi connectivity index (χ1) is 18.7. The van der Waals surface area contributed by atoms with Crippen LogP contribution in [0.5, 0.6) is 0 Å². The smallest absolute Gasteiger partial charge is 0.264 e. The quantitative estimate of drug-likeness (QED) is 0.352. The molecule has 3 rings (SSSR count). The van der Waals surface area contributed by atoms with E-state index in [9.17, 15) is 18.0 Å². The second-order valence-corrected chi connectivity index (χ2v) is 13.1. The first-order valence-electron chi connectivity index (χ1n) is 13.6. The second kappa shape index (κ2) is 12.7. The minimum absolute atomic E-state index is 0.0887. The van der Waals surface area contributed by atoms with Gasteiger partial charge in [0.05, 0.1) is 10.6 Å². The molecule has 0 heterocycles. The minimum Gasteiger partial charge on any atom is -0.350 e. The molecule has 40 heavy (non-hydrogen) atoms. The summed E-state index contributed by atoms with van der Waals surface area (Å²) >= 11 is 0. The fourth-order valence-electron chi connectivity index (χ4n) is 4.66. The topological polar surface area (TPSA) is 86.8 Å². The van der Waals surface area contributed by atoms with Crippen LogP contribution < -0.4 is 9.62 Å². The van der Waals surface area contributed by atoms with Crippen molar-refractivity contribution in [1.29, 1.82) is 0 Å². The molecule has 0 saturated heterocycles. The normalized spacial score (nSPS) is 12.5. The monoisotopic (exact) mass is 563 g/mol. The summed E-state index contributed by atoms with van der Waals surface area (Å²) in [6.07, 6.45) is 0.370. The van der Waals surface area contributed by atoms with E-state index in [1.807, 2.05) is 84.9 Å². The number of sulfonamides is 1. The van der Waals surface area contributed by atoms with Crippen LogP contribution in [0.15, 0.2) is 77.7 Å². The Morgan fingerprint density at radius 1 is 0.875 bits per heavy atom. The van der Waals surface area contributed by atoms with Gasteiger partial charge in [-0.1, -0.05) is 67.1 Å². The SMILES string of the molecule is CC[C@H](C(=O)NC(C)(C)C)N(Cc1ccccc1C)C(=O)CN(c1ccc(C)cc1C)S(=O)(=O)c1ccccc1. The predicted molar refractivity (Wildman–Crippen MR) is 161 cm³/mol. The van der Waals surface area contributed by atoms with E-state index in [0.29, 0.717) is 12.1 Å². The van der Waals surface area contributed by atoms with E-state index in [2.05, 4.69) is 5.32 Å². The summed E-state index contributed by atoms with van der Waals surface area (Å²) in [5, 5.41) is 3.00. The maximum absolute atomic E-state index is 14.2. The molecule has 0 aliphatic carbocycles. The fraction of sp³-hybridized carbons (Fsp3) is 0.375. The van der Waals surface area contributed by atoms with Crippen LogP contribution in [-0.2, 0) is 26.2 Å². The van der Waals surface area contributed by atoms with Crippen LogP contribution in [0.2, 0.25) is 0 Å². The molecule has 0 saturated carbocycles. The molecule has 3 aromatic rings. The van der Waals surface area contributed by atoms with Crippen LogP contribution in [0.3, 0.4) is 0 Å². The molecule has 1 atom stereocenters. The van der Waals surface area contributed by atoms with Gasteiger partial charge in [-0.2, -0.15) is 0 Å². The number of aryl methyl sites for hydroxylation is 3. The Labute approximate surface area is 239 Å². The van der Waals surface area contributed by atoms with Crippen molar-refractivity contribution in [3.63, 3.8) is 0 Å². The van der Waals surface area contributed by atoms with Crippen molar-refractivity contribution in [3.05, 3.63) is 95.1 Å². The molecule has 0 aliphatic heterocycles. The zero-order valence-corrected chi connectivity index (χ0v) is 25.4. The number of rotatable bonds is 10. The highest BCUT2D eigenvalue weighted by atomic mass is 32.2. The van der Waals surface area contributed by atoms with Gasteiger partial charge in [0.2, 0.25) is 11.8 Å². The fourth-order valence-corrected chi connectivity index (χ4v) is 6.16. The van der Waals surface area contributed by atoms with Gasteiger partial charge >= 0.3 is 0 Å². The molecule has 214 valence electrons. The molecule has 0 aromatic heterocycles. The summed E-state index contributed by atoms with van der Waals surface area (Å²) in [4.78, 5) is 29.3. The maximum Gasteiger partial charge on any atom is 0.264 e. The zero-order valence-electron chi connectivity index (χ0n) is 24.6. The average Bonchev–Trinajstić information content (AvgIpc) is 2.88. The molecule has 0 radical (unpaired) electrons. The maximum atomic E-state index is 14.2. The highest BCUT2D eigenvalue weighted by Crippen LogP contribution is 2.28. The minimum atomic E-state index is -4.10. The van der Waals surface area contributed by atoms with E-state index in [0.717, 1.165) is 22.3 Å². The molecular weight excluding hydrogens is 522 g/mol. The van der Waals surface area contributed by atoms with Crippen molar-refractivity contribution >= 4 is 27.5 Å². The van der Waals surface area contributed by atoms with E-state index in [4.69, 9.17) is 0 Å². The number of carbonyl (C=O) groups excluding carboxylic acids is 2. The summed E-state index contributed by atoms with van der Waals surface area (Å²) in [6, 6.07) is 20.5. The van der Waals surface area contributed by atoms with Gasteiger partial charge in [0.1, 0.15) is 12.6 Å². The number of anilines is 1. The first-order valence-corrected chi connectivity index (χ1v) is 15.0. The Hall–Kier alpha value is -3.65. The van der Waals surface area contributed by atoms with E-state index in [-0.39, 0.29) is 17.3 Å². The van der Waals surface area contributed by atoms with E-state index < -0.39 is 34.1 Å². The number of amides is 2. The van der Waals surface area contributed by atoms with E-state index >= 15 is 0 Å².